The van der Waals surface area contributed by atoms with Gasteiger partial charge in [-0.15, -0.1) is 11.3 Å². The van der Waals surface area contributed by atoms with E-state index in [0.29, 0.717) is 22.2 Å². The van der Waals surface area contributed by atoms with E-state index in [9.17, 15) is 13.2 Å². The van der Waals surface area contributed by atoms with Gasteiger partial charge in [-0.1, -0.05) is 12.5 Å². The molecule has 0 N–H and O–H groups in total. The van der Waals surface area contributed by atoms with E-state index in [1.165, 1.54) is 11.3 Å². The molecule has 5 nitrogen and oxygen atoms in total. The molecule has 2 aliphatic rings. The maximum Gasteiger partial charge on any atom is 0.433 e. The van der Waals surface area contributed by atoms with Crippen molar-refractivity contribution in [2.24, 2.45) is 5.92 Å². The van der Waals surface area contributed by atoms with E-state index in [2.05, 4.69) is 15.0 Å². The molecule has 30 heavy (non-hydrogen) atoms. The third kappa shape index (κ3) is 3.86. The predicted octanol–water partition coefficient (Wildman–Crippen LogP) is 5.04. The summed E-state index contributed by atoms with van der Waals surface area (Å²) in [4.78, 5) is 7.60. The first-order valence-corrected chi connectivity index (χ1v) is 11.2. The van der Waals surface area contributed by atoms with Crippen LogP contribution in [0.2, 0.25) is 0 Å². The highest BCUT2D eigenvalue weighted by molar-refractivity contribution is 7.13. The molecule has 2 atom stereocenters. The maximum absolute atomic E-state index is 13.8. The second-order valence-electron chi connectivity index (χ2n) is 8.08. The molecule has 0 aliphatic carbocycles. The third-order valence-corrected chi connectivity index (χ3v) is 6.87. The standard InChI is InChI=1S/C21H23F3N4OS/c22-21(23,24)19-10-16(18-5-3-9-30-18)25-20-11-15(26-28(19)20)17-4-1-2-7-27(17)12-14-6-8-29-13-14/h3,5,9-11,14,17H,1-2,4,6-8,12-13H2/t14-,17-/m1/s1. The largest absolute Gasteiger partial charge is 0.433 e. The number of rotatable bonds is 4. The van der Waals surface area contributed by atoms with Crippen LogP contribution in [0, 0.1) is 5.92 Å². The Hall–Kier alpha value is -1.97. The van der Waals surface area contributed by atoms with Crippen LogP contribution in [0.5, 0.6) is 0 Å². The Morgan fingerprint density at radius 1 is 1.20 bits per heavy atom. The monoisotopic (exact) mass is 436 g/mol. The molecule has 5 heterocycles. The number of ether oxygens (including phenoxy) is 1. The summed E-state index contributed by atoms with van der Waals surface area (Å²) >= 11 is 1.38. The summed E-state index contributed by atoms with van der Waals surface area (Å²) in [5.41, 5.74) is 0.474. The fourth-order valence-electron chi connectivity index (χ4n) is 4.51. The Kier molecular flexibility index (Phi) is 5.28. The molecule has 3 aromatic rings. The third-order valence-electron chi connectivity index (χ3n) is 5.98. The lowest BCUT2D eigenvalue weighted by atomic mass is 9.97. The van der Waals surface area contributed by atoms with Crippen molar-refractivity contribution in [3.05, 3.63) is 41.0 Å². The van der Waals surface area contributed by atoms with Gasteiger partial charge in [0.05, 0.1) is 28.9 Å². The summed E-state index contributed by atoms with van der Waals surface area (Å²) in [6, 6.07) is 6.46. The molecule has 3 aromatic heterocycles. The quantitative estimate of drug-likeness (QED) is 0.575. The fraction of sp³-hybridized carbons (Fsp3) is 0.524. The van der Waals surface area contributed by atoms with Crippen molar-refractivity contribution in [2.45, 2.75) is 37.9 Å². The molecule has 0 bridgehead atoms. The maximum atomic E-state index is 13.8. The molecule has 2 saturated heterocycles. The Balaban J connectivity index is 1.54. The highest BCUT2D eigenvalue weighted by Gasteiger charge is 2.36. The van der Waals surface area contributed by atoms with E-state index in [1.807, 2.05) is 11.4 Å². The summed E-state index contributed by atoms with van der Waals surface area (Å²) in [5.74, 6) is 0.483. The molecule has 5 rings (SSSR count). The highest BCUT2D eigenvalue weighted by atomic mass is 32.1. The second kappa shape index (κ2) is 7.94. The van der Waals surface area contributed by atoms with Gasteiger partial charge < -0.3 is 4.74 Å². The summed E-state index contributed by atoms with van der Waals surface area (Å²) in [6.45, 7) is 3.40. The fourth-order valence-corrected chi connectivity index (χ4v) is 5.20. The molecule has 2 fully saturated rings. The Bertz CT molecular complexity index is 1010. The highest BCUT2D eigenvalue weighted by Crippen LogP contribution is 2.36. The van der Waals surface area contributed by atoms with Gasteiger partial charge in [0.1, 0.15) is 0 Å². The second-order valence-corrected chi connectivity index (χ2v) is 9.02. The normalized spacial score (nSPS) is 23.4. The Labute approximate surface area is 176 Å². The molecular formula is C21H23F3N4OS. The van der Waals surface area contributed by atoms with Crippen LogP contribution < -0.4 is 0 Å². The number of hydrogen-bond acceptors (Lipinski definition) is 5. The minimum absolute atomic E-state index is 0.0207. The van der Waals surface area contributed by atoms with Crippen LogP contribution in [0.15, 0.2) is 29.6 Å². The SMILES string of the molecule is FC(F)(F)c1cc(-c2cccs2)nc2cc([C@H]3CCCCN3C[C@H]3CCOC3)nn12. The van der Waals surface area contributed by atoms with Crippen molar-refractivity contribution in [2.75, 3.05) is 26.3 Å². The van der Waals surface area contributed by atoms with Crippen LogP contribution in [0.3, 0.4) is 0 Å². The van der Waals surface area contributed by atoms with Crippen molar-refractivity contribution in [1.82, 2.24) is 19.5 Å². The number of nitrogens with zero attached hydrogens (tertiary/aromatic N) is 4. The lowest BCUT2D eigenvalue weighted by Crippen LogP contribution is -2.37. The van der Waals surface area contributed by atoms with E-state index >= 15 is 0 Å². The van der Waals surface area contributed by atoms with Gasteiger partial charge in [-0.05, 0) is 49.2 Å². The number of piperidine rings is 1. The number of likely N-dealkylation sites (tertiary alicyclic amines) is 1. The lowest BCUT2D eigenvalue weighted by Gasteiger charge is -2.36. The van der Waals surface area contributed by atoms with Crippen LogP contribution in [0.4, 0.5) is 13.2 Å². The van der Waals surface area contributed by atoms with Gasteiger partial charge in [-0.2, -0.15) is 18.3 Å². The van der Waals surface area contributed by atoms with E-state index in [4.69, 9.17) is 4.74 Å². The molecule has 0 radical (unpaired) electrons. The van der Waals surface area contributed by atoms with Crippen LogP contribution in [-0.2, 0) is 10.9 Å². The molecule has 0 saturated carbocycles. The smallest absolute Gasteiger partial charge is 0.381 e. The van der Waals surface area contributed by atoms with Gasteiger partial charge in [0, 0.05) is 19.2 Å². The summed E-state index contributed by atoms with van der Waals surface area (Å²) < 4.78 is 48.0. The first-order chi connectivity index (χ1) is 14.5. The predicted molar refractivity (Wildman–Crippen MR) is 108 cm³/mol. The molecule has 0 amide bonds. The summed E-state index contributed by atoms with van der Waals surface area (Å²) in [7, 11) is 0. The molecule has 2 aliphatic heterocycles. The van der Waals surface area contributed by atoms with Crippen LogP contribution in [0.25, 0.3) is 16.2 Å². The molecule has 9 heteroatoms. The van der Waals surface area contributed by atoms with Crippen LogP contribution in [0.1, 0.15) is 43.1 Å². The minimum atomic E-state index is -4.51. The molecule has 0 unspecified atom stereocenters. The van der Waals surface area contributed by atoms with Crippen molar-refractivity contribution < 1.29 is 17.9 Å². The first kappa shape index (κ1) is 20.0. The van der Waals surface area contributed by atoms with E-state index in [1.54, 1.807) is 12.1 Å². The molecule has 0 spiro atoms. The van der Waals surface area contributed by atoms with E-state index in [-0.39, 0.29) is 11.7 Å². The zero-order chi connectivity index (χ0) is 20.7. The van der Waals surface area contributed by atoms with Gasteiger partial charge >= 0.3 is 6.18 Å². The van der Waals surface area contributed by atoms with Crippen molar-refractivity contribution in [3.8, 4) is 10.6 Å². The number of fused-ring (bicyclic) bond motifs is 1. The lowest BCUT2D eigenvalue weighted by molar-refractivity contribution is -0.142. The van der Waals surface area contributed by atoms with Crippen LogP contribution in [-0.4, -0.2) is 45.8 Å². The van der Waals surface area contributed by atoms with Gasteiger partial charge in [0.2, 0.25) is 0 Å². The van der Waals surface area contributed by atoms with Crippen molar-refractivity contribution in [3.63, 3.8) is 0 Å². The Morgan fingerprint density at radius 3 is 2.83 bits per heavy atom. The van der Waals surface area contributed by atoms with Gasteiger partial charge in [0.25, 0.3) is 0 Å². The molecule has 0 aromatic carbocycles. The number of halogens is 3. The first-order valence-electron chi connectivity index (χ1n) is 10.3. The van der Waals surface area contributed by atoms with Crippen molar-refractivity contribution in [1.29, 1.82) is 0 Å². The summed E-state index contributed by atoms with van der Waals surface area (Å²) in [5, 5.41) is 6.25. The zero-order valence-corrected chi connectivity index (χ0v) is 17.3. The van der Waals surface area contributed by atoms with Crippen LogP contribution >= 0.6 is 11.3 Å². The van der Waals surface area contributed by atoms with Gasteiger partial charge in [0.15, 0.2) is 11.3 Å². The summed E-state index contributed by atoms with van der Waals surface area (Å²) in [6.07, 6.45) is -0.416. The topological polar surface area (TPSA) is 42.7 Å². The molecular weight excluding hydrogens is 413 g/mol. The number of thiophene rings is 1. The average molecular weight is 437 g/mol. The van der Waals surface area contributed by atoms with Gasteiger partial charge in [-0.3, -0.25) is 4.90 Å². The Morgan fingerprint density at radius 2 is 2.10 bits per heavy atom. The van der Waals surface area contributed by atoms with E-state index in [0.717, 1.165) is 62.6 Å². The zero-order valence-electron chi connectivity index (χ0n) is 16.4. The van der Waals surface area contributed by atoms with Crippen molar-refractivity contribution >= 4 is 17.0 Å². The molecule has 160 valence electrons. The number of aromatic nitrogens is 3. The average Bonchev–Trinajstić information content (AvgIpc) is 3.48. The van der Waals surface area contributed by atoms with E-state index < -0.39 is 11.9 Å². The van der Waals surface area contributed by atoms with Gasteiger partial charge in [-0.25, -0.2) is 9.50 Å². The minimum Gasteiger partial charge on any atom is -0.381 e. The number of hydrogen-bond donors (Lipinski definition) is 0. The number of alkyl halides is 3.